The van der Waals surface area contributed by atoms with E-state index >= 15 is 0 Å². The number of carbonyl (C=O) groups is 2. The van der Waals surface area contributed by atoms with E-state index in [1.165, 1.54) is 17.0 Å². The van der Waals surface area contributed by atoms with E-state index in [1.807, 2.05) is 12.1 Å². The van der Waals surface area contributed by atoms with Crippen molar-refractivity contribution in [3.05, 3.63) is 59.7 Å². The molecule has 2 aromatic carbocycles. The number of carbonyl (C=O) groups excluding carboxylic acids is 1. The number of carboxylic acids is 1. The highest BCUT2D eigenvalue weighted by Gasteiger charge is 2.60. The van der Waals surface area contributed by atoms with Gasteiger partial charge in [-0.1, -0.05) is 12.1 Å². The van der Waals surface area contributed by atoms with Gasteiger partial charge in [-0.2, -0.15) is 0 Å². The second-order valence-corrected chi connectivity index (χ2v) is 6.76. The fourth-order valence-corrected chi connectivity index (χ4v) is 3.53. The minimum Gasteiger partial charge on any atom is -0.508 e. The first-order valence-corrected chi connectivity index (χ1v) is 8.71. The predicted molar refractivity (Wildman–Crippen MR) is 95.6 cm³/mol. The summed E-state index contributed by atoms with van der Waals surface area (Å²) in [6, 6.07) is 13.4. The van der Waals surface area contributed by atoms with E-state index in [-0.39, 0.29) is 18.8 Å². The molecule has 2 saturated heterocycles. The average molecular weight is 385 g/mol. The Morgan fingerprint density at radius 1 is 1.18 bits per heavy atom. The van der Waals surface area contributed by atoms with Crippen molar-refractivity contribution < 1.29 is 34.0 Å². The first-order valence-electron chi connectivity index (χ1n) is 8.71. The van der Waals surface area contributed by atoms with Crippen molar-refractivity contribution in [2.45, 2.75) is 24.5 Å². The molecule has 146 valence electrons. The molecule has 2 N–H and O–H groups in total. The molecule has 0 radical (unpaired) electrons. The molecule has 3 atom stereocenters. The molecule has 1 amide bonds. The summed E-state index contributed by atoms with van der Waals surface area (Å²) in [5.74, 6) is -2.33. The lowest BCUT2D eigenvalue weighted by Gasteiger charge is -2.38. The summed E-state index contributed by atoms with van der Waals surface area (Å²) in [6.45, 7) is 0.307. The van der Waals surface area contributed by atoms with Crippen molar-refractivity contribution in [1.29, 1.82) is 0 Å². The number of morpholine rings is 1. The molecule has 2 aliphatic heterocycles. The van der Waals surface area contributed by atoms with Crippen molar-refractivity contribution in [3.63, 3.8) is 0 Å². The second kappa shape index (κ2) is 6.81. The zero-order valence-corrected chi connectivity index (χ0v) is 15.1. The van der Waals surface area contributed by atoms with E-state index in [0.717, 1.165) is 5.56 Å². The van der Waals surface area contributed by atoms with Crippen LogP contribution in [0.3, 0.4) is 0 Å². The lowest BCUT2D eigenvalue weighted by molar-refractivity contribution is -0.219. The molecule has 2 heterocycles. The number of phenolic OH excluding ortho intramolecular Hbond substituents is 1. The molecule has 8 nitrogen and oxygen atoms in total. The summed E-state index contributed by atoms with van der Waals surface area (Å²) in [7, 11) is 1.57. The number of amides is 1. The molecule has 0 spiro atoms. The quantitative estimate of drug-likeness (QED) is 0.803. The molecule has 8 heteroatoms. The summed E-state index contributed by atoms with van der Waals surface area (Å²) >= 11 is 0. The number of aliphatic carboxylic acids is 1. The molecule has 2 aliphatic rings. The molecular weight excluding hydrogens is 366 g/mol. The third kappa shape index (κ3) is 3.06. The lowest BCUT2D eigenvalue weighted by Crippen LogP contribution is -2.53. The predicted octanol–water partition coefficient (Wildman–Crippen LogP) is 1.46. The zero-order valence-electron chi connectivity index (χ0n) is 15.1. The van der Waals surface area contributed by atoms with Crippen LogP contribution in [-0.2, 0) is 31.4 Å². The van der Waals surface area contributed by atoms with Gasteiger partial charge in [0, 0.05) is 12.1 Å². The summed E-state index contributed by atoms with van der Waals surface area (Å²) in [4.78, 5) is 26.0. The van der Waals surface area contributed by atoms with Crippen LogP contribution in [0.1, 0.15) is 11.1 Å². The van der Waals surface area contributed by atoms with E-state index in [2.05, 4.69) is 0 Å². The fraction of sp³-hybridized carbons (Fsp3) is 0.300. The van der Waals surface area contributed by atoms with Gasteiger partial charge in [-0.25, -0.2) is 4.79 Å². The van der Waals surface area contributed by atoms with Gasteiger partial charge in [-0.05, 0) is 42.0 Å². The third-order valence-electron chi connectivity index (χ3n) is 4.95. The van der Waals surface area contributed by atoms with Crippen LogP contribution in [0.2, 0.25) is 0 Å². The molecule has 2 fully saturated rings. The number of ether oxygens (including phenoxy) is 3. The van der Waals surface area contributed by atoms with Crippen molar-refractivity contribution in [2.24, 2.45) is 0 Å². The monoisotopic (exact) mass is 385 g/mol. The topological polar surface area (TPSA) is 106 Å². The van der Waals surface area contributed by atoms with Crippen LogP contribution in [0.5, 0.6) is 11.5 Å². The minimum atomic E-state index is -1.40. The highest BCUT2D eigenvalue weighted by Crippen LogP contribution is 2.43. The highest BCUT2D eigenvalue weighted by atomic mass is 16.8. The van der Waals surface area contributed by atoms with Crippen LogP contribution < -0.4 is 4.74 Å². The van der Waals surface area contributed by atoms with Crippen LogP contribution in [-0.4, -0.2) is 52.9 Å². The van der Waals surface area contributed by atoms with Crippen molar-refractivity contribution in [2.75, 3.05) is 13.7 Å². The Kier molecular flexibility index (Phi) is 4.44. The number of fused-ring (bicyclic) bond motifs is 2. The number of hydrogen-bond acceptors (Lipinski definition) is 6. The molecule has 2 bridgehead atoms. The lowest BCUT2D eigenvalue weighted by atomic mass is 10.0. The van der Waals surface area contributed by atoms with Gasteiger partial charge in [0.15, 0.2) is 12.2 Å². The molecule has 28 heavy (non-hydrogen) atoms. The molecule has 0 aromatic heterocycles. The summed E-state index contributed by atoms with van der Waals surface area (Å²) in [5.41, 5.74) is 1.40. The van der Waals surface area contributed by atoms with Crippen molar-refractivity contribution >= 4 is 11.9 Å². The van der Waals surface area contributed by atoms with Crippen molar-refractivity contribution in [1.82, 2.24) is 4.90 Å². The normalized spacial score (nSPS) is 26.3. The Bertz CT molecular complexity index is 896. The van der Waals surface area contributed by atoms with Crippen LogP contribution >= 0.6 is 0 Å². The van der Waals surface area contributed by atoms with Crippen LogP contribution in [0.25, 0.3) is 0 Å². The number of methoxy groups -OCH3 is 1. The van der Waals surface area contributed by atoms with E-state index in [4.69, 9.17) is 14.2 Å². The minimum absolute atomic E-state index is 0.0307. The number of carboxylic acid groups (broad SMARTS) is 1. The van der Waals surface area contributed by atoms with Gasteiger partial charge in [0.2, 0.25) is 5.79 Å². The number of benzene rings is 2. The van der Waals surface area contributed by atoms with Crippen LogP contribution in [0.15, 0.2) is 48.5 Å². The number of rotatable bonds is 5. The number of hydrogen-bond donors (Lipinski definition) is 2. The SMILES string of the molecule is COc1ccc(CN2CC3(c4ccc(O)cc4)OC(C(=O)O)C(O3)C2=O)cc1. The van der Waals surface area contributed by atoms with Crippen LogP contribution in [0.4, 0.5) is 0 Å². The molecule has 2 aromatic rings. The summed E-state index contributed by atoms with van der Waals surface area (Å²) in [6.07, 6.45) is -2.64. The van der Waals surface area contributed by atoms with E-state index < -0.39 is 29.9 Å². The summed E-state index contributed by atoms with van der Waals surface area (Å²) in [5, 5.41) is 19.0. The van der Waals surface area contributed by atoms with Gasteiger partial charge in [0.25, 0.3) is 5.91 Å². The van der Waals surface area contributed by atoms with Gasteiger partial charge < -0.3 is 29.3 Å². The first-order chi connectivity index (χ1) is 13.4. The largest absolute Gasteiger partial charge is 0.508 e. The molecule has 3 unspecified atom stereocenters. The van der Waals surface area contributed by atoms with Crippen molar-refractivity contribution in [3.8, 4) is 11.5 Å². The summed E-state index contributed by atoms with van der Waals surface area (Å²) < 4.78 is 16.7. The number of phenols is 1. The Hall–Kier alpha value is -3.10. The zero-order chi connectivity index (χ0) is 19.9. The van der Waals surface area contributed by atoms with E-state index in [0.29, 0.717) is 11.3 Å². The highest BCUT2D eigenvalue weighted by molar-refractivity contribution is 5.89. The Balaban J connectivity index is 1.66. The van der Waals surface area contributed by atoms with Crippen LogP contribution in [0, 0.1) is 0 Å². The van der Waals surface area contributed by atoms with Gasteiger partial charge >= 0.3 is 5.97 Å². The maximum atomic E-state index is 12.8. The van der Waals surface area contributed by atoms with E-state index in [9.17, 15) is 19.8 Å². The van der Waals surface area contributed by atoms with Gasteiger partial charge in [-0.15, -0.1) is 0 Å². The number of nitrogens with zero attached hydrogens (tertiary/aromatic N) is 1. The third-order valence-corrected chi connectivity index (χ3v) is 4.95. The first kappa shape index (κ1) is 18.3. The average Bonchev–Trinajstić information content (AvgIpc) is 3.04. The van der Waals surface area contributed by atoms with Gasteiger partial charge in [0.1, 0.15) is 11.5 Å². The Morgan fingerprint density at radius 2 is 1.86 bits per heavy atom. The number of aromatic hydroxyl groups is 1. The molecule has 4 rings (SSSR count). The fourth-order valence-electron chi connectivity index (χ4n) is 3.53. The standard InChI is InChI=1S/C20H19NO7/c1-26-15-8-2-12(3-9-15)10-21-11-20(13-4-6-14(22)7-5-13)27-16(18(21)23)17(28-20)19(24)25/h2-9,16-17,22H,10-11H2,1H3,(H,24,25). The molecule has 0 saturated carbocycles. The maximum Gasteiger partial charge on any atom is 0.336 e. The molecule has 0 aliphatic carbocycles. The smallest absolute Gasteiger partial charge is 0.336 e. The van der Waals surface area contributed by atoms with Gasteiger partial charge in [-0.3, -0.25) is 4.79 Å². The Labute approximate surface area is 160 Å². The molecular formula is C20H19NO7. The Morgan fingerprint density at radius 3 is 2.46 bits per heavy atom. The maximum absolute atomic E-state index is 12.8. The van der Waals surface area contributed by atoms with E-state index in [1.54, 1.807) is 31.4 Å². The second-order valence-electron chi connectivity index (χ2n) is 6.76. The van der Waals surface area contributed by atoms with Gasteiger partial charge in [0.05, 0.1) is 13.7 Å².